The predicted molar refractivity (Wildman–Crippen MR) is 58.7 cm³/mol. The van der Waals surface area contributed by atoms with Crippen LogP contribution in [-0.2, 0) is 14.3 Å². The quantitative estimate of drug-likeness (QED) is 0.574. The number of methoxy groups -OCH3 is 1. The maximum absolute atomic E-state index is 11.8. The van der Waals surface area contributed by atoms with Crippen molar-refractivity contribution in [2.45, 2.75) is 18.9 Å². The number of carbonyl (C=O) groups excluding carboxylic acids is 2. The molecular weight excluding hydrogens is 210 g/mol. The molecule has 3 N–H and O–H groups in total. The number of piperazine rings is 1. The minimum absolute atomic E-state index is 0.0256. The van der Waals surface area contributed by atoms with Crippen LogP contribution in [-0.4, -0.2) is 56.1 Å². The van der Waals surface area contributed by atoms with Crippen molar-refractivity contribution in [3.63, 3.8) is 0 Å². The number of hydrogen-bond acceptors (Lipinski definition) is 4. The van der Waals surface area contributed by atoms with Crippen molar-refractivity contribution in [1.29, 1.82) is 0 Å². The summed E-state index contributed by atoms with van der Waals surface area (Å²) in [5.74, 6) is -0.477. The summed E-state index contributed by atoms with van der Waals surface area (Å²) < 4.78 is 4.88. The summed E-state index contributed by atoms with van der Waals surface area (Å²) in [4.78, 5) is 24.5. The van der Waals surface area contributed by atoms with E-state index in [0.29, 0.717) is 39.1 Å². The van der Waals surface area contributed by atoms with Crippen LogP contribution in [0.15, 0.2) is 0 Å². The van der Waals surface area contributed by atoms with E-state index in [2.05, 4.69) is 5.32 Å². The first kappa shape index (κ1) is 12.9. The summed E-state index contributed by atoms with van der Waals surface area (Å²) in [5, 5.41) is 3.05. The zero-order valence-electron chi connectivity index (χ0n) is 9.57. The first-order chi connectivity index (χ1) is 7.66. The van der Waals surface area contributed by atoms with Gasteiger partial charge in [-0.05, 0) is 6.42 Å². The van der Waals surface area contributed by atoms with E-state index in [1.54, 1.807) is 12.0 Å². The van der Waals surface area contributed by atoms with Gasteiger partial charge in [0, 0.05) is 39.8 Å². The molecule has 1 aliphatic heterocycles. The monoisotopic (exact) mass is 229 g/mol. The Labute approximate surface area is 95.1 Å². The zero-order chi connectivity index (χ0) is 12.0. The molecule has 1 unspecified atom stereocenters. The highest BCUT2D eigenvalue weighted by Crippen LogP contribution is 2.06. The van der Waals surface area contributed by atoms with E-state index in [1.165, 1.54) is 0 Å². The van der Waals surface area contributed by atoms with Crippen molar-refractivity contribution in [2.24, 2.45) is 5.73 Å². The highest BCUT2D eigenvalue weighted by atomic mass is 16.5. The number of hydrogen-bond donors (Lipinski definition) is 2. The molecule has 16 heavy (non-hydrogen) atoms. The van der Waals surface area contributed by atoms with Gasteiger partial charge in [0.25, 0.3) is 0 Å². The molecule has 1 saturated heterocycles. The van der Waals surface area contributed by atoms with Gasteiger partial charge in [0.15, 0.2) is 0 Å². The molecule has 0 bridgehead atoms. The Morgan fingerprint density at radius 2 is 2.31 bits per heavy atom. The topological polar surface area (TPSA) is 84.7 Å². The van der Waals surface area contributed by atoms with Crippen LogP contribution < -0.4 is 11.1 Å². The highest BCUT2D eigenvalue weighted by molar-refractivity contribution is 5.87. The van der Waals surface area contributed by atoms with Crippen molar-refractivity contribution < 1.29 is 14.3 Å². The second-order valence-electron chi connectivity index (χ2n) is 3.81. The number of primary amides is 1. The molecule has 1 aliphatic rings. The average molecular weight is 229 g/mol. The number of carbonyl (C=O) groups is 2. The Balaban J connectivity index is 2.47. The molecule has 0 radical (unpaired) electrons. The van der Waals surface area contributed by atoms with E-state index < -0.39 is 11.9 Å². The van der Waals surface area contributed by atoms with Crippen LogP contribution in [0.1, 0.15) is 12.8 Å². The molecule has 1 rings (SSSR count). The Hall–Kier alpha value is -1.14. The number of nitrogens with zero attached hydrogens (tertiary/aromatic N) is 1. The first-order valence-electron chi connectivity index (χ1n) is 5.45. The summed E-state index contributed by atoms with van der Waals surface area (Å²) in [6, 6.07) is -0.510. The van der Waals surface area contributed by atoms with Gasteiger partial charge in [0.2, 0.25) is 11.8 Å². The lowest BCUT2D eigenvalue weighted by atomic mass is 10.1. The van der Waals surface area contributed by atoms with Crippen LogP contribution in [0.25, 0.3) is 0 Å². The van der Waals surface area contributed by atoms with Gasteiger partial charge in [-0.1, -0.05) is 0 Å². The molecule has 0 spiro atoms. The van der Waals surface area contributed by atoms with E-state index in [1.807, 2.05) is 0 Å². The lowest BCUT2D eigenvalue weighted by molar-refractivity contribution is -0.140. The third-order valence-electron chi connectivity index (χ3n) is 2.63. The summed E-state index contributed by atoms with van der Waals surface area (Å²) in [6.07, 6.45) is 1.07. The largest absolute Gasteiger partial charge is 0.385 e. The summed E-state index contributed by atoms with van der Waals surface area (Å²) in [6.45, 7) is 2.25. The van der Waals surface area contributed by atoms with Crippen molar-refractivity contribution in [2.75, 3.05) is 33.4 Å². The average Bonchev–Trinajstić information content (AvgIpc) is 2.29. The van der Waals surface area contributed by atoms with Crippen molar-refractivity contribution in [1.82, 2.24) is 10.2 Å². The van der Waals surface area contributed by atoms with Crippen LogP contribution in [0.3, 0.4) is 0 Å². The minimum Gasteiger partial charge on any atom is -0.385 e. The maximum atomic E-state index is 11.8. The molecule has 0 aliphatic carbocycles. The number of amides is 2. The SMILES string of the molecule is COCCCC(=O)N1CCNCC1C(N)=O. The third-order valence-corrected chi connectivity index (χ3v) is 2.63. The van der Waals surface area contributed by atoms with Crippen molar-refractivity contribution in [3.05, 3.63) is 0 Å². The molecule has 6 heteroatoms. The Morgan fingerprint density at radius 1 is 1.56 bits per heavy atom. The van der Waals surface area contributed by atoms with Crippen molar-refractivity contribution in [3.8, 4) is 0 Å². The minimum atomic E-state index is -0.510. The summed E-state index contributed by atoms with van der Waals surface area (Å²) in [7, 11) is 1.60. The lowest BCUT2D eigenvalue weighted by Crippen LogP contribution is -2.58. The van der Waals surface area contributed by atoms with Crippen LogP contribution >= 0.6 is 0 Å². The molecule has 0 saturated carbocycles. The zero-order valence-corrected chi connectivity index (χ0v) is 9.57. The highest BCUT2D eigenvalue weighted by Gasteiger charge is 2.29. The van der Waals surface area contributed by atoms with E-state index >= 15 is 0 Å². The van der Waals surface area contributed by atoms with Crippen molar-refractivity contribution >= 4 is 11.8 Å². The van der Waals surface area contributed by atoms with Gasteiger partial charge < -0.3 is 20.7 Å². The molecule has 0 aromatic heterocycles. The Kier molecular flexibility index (Phi) is 5.21. The van der Waals surface area contributed by atoms with Crippen LogP contribution in [0, 0.1) is 0 Å². The molecule has 0 aromatic rings. The summed E-state index contributed by atoms with van der Waals surface area (Å²) >= 11 is 0. The van der Waals surface area contributed by atoms with Crippen LogP contribution in [0.5, 0.6) is 0 Å². The van der Waals surface area contributed by atoms with Gasteiger partial charge in [0.05, 0.1) is 0 Å². The molecule has 92 valence electrons. The number of rotatable bonds is 5. The molecule has 1 atom stereocenters. The van der Waals surface area contributed by atoms with Gasteiger partial charge in [-0.15, -0.1) is 0 Å². The molecule has 1 fully saturated rings. The second kappa shape index (κ2) is 6.44. The van der Waals surface area contributed by atoms with Crippen LogP contribution in [0.2, 0.25) is 0 Å². The van der Waals surface area contributed by atoms with Gasteiger partial charge in [0.1, 0.15) is 6.04 Å². The van der Waals surface area contributed by atoms with E-state index in [4.69, 9.17) is 10.5 Å². The third kappa shape index (κ3) is 3.46. The van der Waals surface area contributed by atoms with Crippen LogP contribution in [0.4, 0.5) is 0 Å². The van der Waals surface area contributed by atoms with Gasteiger partial charge in [-0.2, -0.15) is 0 Å². The summed E-state index contributed by atoms with van der Waals surface area (Å²) in [5.41, 5.74) is 5.25. The number of ether oxygens (including phenoxy) is 1. The Bertz CT molecular complexity index is 258. The molecule has 2 amide bonds. The maximum Gasteiger partial charge on any atom is 0.241 e. The fourth-order valence-corrected chi connectivity index (χ4v) is 1.77. The van der Waals surface area contributed by atoms with Gasteiger partial charge in [-0.3, -0.25) is 9.59 Å². The second-order valence-corrected chi connectivity index (χ2v) is 3.81. The van der Waals surface area contributed by atoms with E-state index in [-0.39, 0.29) is 5.91 Å². The fraction of sp³-hybridized carbons (Fsp3) is 0.800. The smallest absolute Gasteiger partial charge is 0.241 e. The number of nitrogens with two attached hydrogens (primary N) is 1. The predicted octanol–water partition coefficient (Wildman–Crippen LogP) is -1.30. The molecule has 6 nitrogen and oxygen atoms in total. The lowest BCUT2D eigenvalue weighted by Gasteiger charge is -2.34. The van der Waals surface area contributed by atoms with E-state index in [9.17, 15) is 9.59 Å². The fourth-order valence-electron chi connectivity index (χ4n) is 1.77. The van der Waals surface area contributed by atoms with Gasteiger partial charge in [-0.25, -0.2) is 0 Å². The van der Waals surface area contributed by atoms with E-state index in [0.717, 1.165) is 0 Å². The molecule has 0 aromatic carbocycles. The molecular formula is C10H19N3O3. The number of nitrogens with one attached hydrogen (secondary N) is 1. The first-order valence-corrected chi connectivity index (χ1v) is 5.45. The normalized spacial score (nSPS) is 20.8. The molecule has 1 heterocycles. The standard InChI is InChI=1S/C10H19N3O3/c1-16-6-2-3-9(14)13-5-4-12-7-8(13)10(11)15/h8,12H,2-7H2,1H3,(H2,11,15). The Morgan fingerprint density at radius 3 is 2.94 bits per heavy atom. The van der Waals surface area contributed by atoms with Gasteiger partial charge >= 0.3 is 0 Å².